The summed E-state index contributed by atoms with van der Waals surface area (Å²) in [6.07, 6.45) is 1.38. The number of nitrogen functional groups attached to an aromatic ring is 1. The molecule has 6 nitrogen and oxygen atoms in total. The summed E-state index contributed by atoms with van der Waals surface area (Å²) in [4.78, 5) is 24.4. The Hall–Kier alpha value is -2.73. The first kappa shape index (κ1) is 19.6. The monoisotopic (exact) mass is 375 g/mol. The van der Waals surface area contributed by atoms with Gasteiger partial charge in [-0.25, -0.2) is 0 Å². The first-order valence-electron chi connectivity index (χ1n) is 8.19. The third kappa shape index (κ3) is 4.46. The van der Waals surface area contributed by atoms with Crippen molar-refractivity contribution in [2.24, 2.45) is 5.92 Å². The molecule has 3 rings (SSSR count). The van der Waals surface area contributed by atoms with Crippen molar-refractivity contribution < 1.29 is 14.3 Å². The van der Waals surface area contributed by atoms with Crippen LogP contribution in [0.25, 0.3) is 0 Å². The van der Waals surface area contributed by atoms with Crippen molar-refractivity contribution in [3.63, 3.8) is 0 Å². The highest BCUT2D eigenvalue weighted by atomic mass is 35.5. The molecule has 0 fully saturated rings. The number of hydrogen-bond acceptors (Lipinski definition) is 4. The zero-order chi connectivity index (χ0) is 17.8. The Morgan fingerprint density at radius 3 is 2.85 bits per heavy atom. The van der Waals surface area contributed by atoms with E-state index >= 15 is 0 Å². The maximum atomic E-state index is 12.2. The van der Waals surface area contributed by atoms with Crippen molar-refractivity contribution in [3.8, 4) is 5.75 Å². The van der Waals surface area contributed by atoms with Gasteiger partial charge in [-0.1, -0.05) is 18.2 Å². The van der Waals surface area contributed by atoms with E-state index in [0.717, 1.165) is 11.3 Å². The first-order valence-corrected chi connectivity index (χ1v) is 8.19. The number of hydrogen-bond donors (Lipinski definition) is 3. The molecular formula is C19H22ClN3O3. The number of carbonyl (C=O) groups is 2. The summed E-state index contributed by atoms with van der Waals surface area (Å²) in [6.45, 7) is 0. The van der Waals surface area contributed by atoms with E-state index in [0.29, 0.717) is 30.0 Å². The predicted molar refractivity (Wildman–Crippen MR) is 105 cm³/mol. The molecule has 0 saturated heterocycles. The lowest BCUT2D eigenvalue weighted by atomic mass is 9.89. The van der Waals surface area contributed by atoms with Gasteiger partial charge in [0.25, 0.3) is 0 Å². The van der Waals surface area contributed by atoms with Gasteiger partial charge in [0, 0.05) is 24.1 Å². The molecule has 2 aromatic rings. The summed E-state index contributed by atoms with van der Waals surface area (Å²) in [7, 11) is 1.55. The fourth-order valence-corrected chi connectivity index (χ4v) is 2.94. The van der Waals surface area contributed by atoms with Gasteiger partial charge in [0.1, 0.15) is 5.75 Å². The van der Waals surface area contributed by atoms with E-state index < -0.39 is 0 Å². The minimum Gasteiger partial charge on any atom is -0.497 e. The highest BCUT2D eigenvalue weighted by Gasteiger charge is 2.26. The molecule has 2 amide bonds. The molecule has 1 unspecified atom stereocenters. The molecule has 0 bridgehead atoms. The van der Waals surface area contributed by atoms with E-state index in [1.807, 2.05) is 24.3 Å². The number of ether oxygens (including phenoxy) is 1. The number of nitrogens with one attached hydrogen (secondary N) is 2. The van der Waals surface area contributed by atoms with Gasteiger partial charge in [0.2, 0.25) is 11.8 Å². The summed E-state index contributed by atoms with van der Waals surface area (Å²) < 4.78 is 5.13. The van der Waals surface area contributed by atoms with Gasteiger partial charge in [-0.2, -0.15) is 0 Å². The van der Waals surface area contributed by atoms with Crippen LogP contribution in [0.5, 0.6) is 5.75 Å². The van der Waals surface area contributed by atoms with Crippen LogP contribution in [0.15, 0.2) is 42.5 Å². The SMILES string of the molecule is COc1ccc(N)c(NC(=O)CCC2Cc3ccccc3NC2=O)c1.Cl. The fourth-order valence-electron chi connectivity index (χ4n) is 2.94. The maximum absolute atomic E-state index is 12.2. The van der Waals surface area contributed by atoms with E-state index in [-0.39, 0.29) is 36.6 Å². The summed E-state index contributed by atoms with van der Waals surface area (Å²) in [5.41, 5.74) is 8.82. The van der Waals surface area contributed by atoms with Gasteiger partial charge in [0.05, 0.1) is 18.5 Å². The average molecular weight is 376 g/mol. The van der Waals surface area contributed by atoms with Crippen LogP contribution in [0.3, 0.4) is 0 Å². The molecule has 0 radical (unpaired) electrons. The van der Waals surface area contributed by atoms with Crippen LogP contribution in [0.2, 0.25) is 0 Å². The van der Waals surface area contributed by atoms with Gasteiger partial charge in [-0.05, 0) is 36.6 Å². The highest BCUT2D eigenvalue weighted by molar-refractivity contribution is 5.97. The number of nitrogens with two attached hydrogens (primary N) is 1. The molecule has 1 atom stereocenters. The number of halogens is 1. The van der Waals surface area contributed by atoms with Crippen LogP contribution in [0.1, 0.15) is 18.4 Å². The Kier molecular flexibility index (Phi) is 6.46. The van der Waals surface area contributed by atoms with E-state index in [1.165, 1.54) is 0 Å². The molecule has 1 heterocycles. The Morgan fingerprint density at radius 1 is 1.31 bits per heavy atom. The third-order valence-electron chi connectivity index (χ3n) is 4.37. The highest BCUT2D eigenvalue weighted by Crippen LogP contribution is 2.28. The van der Waals surface area contributed by atoms with E-state index in [2.05, 4.69) is 10.6 Å². The maximum Gasteiger partial charge on any atom is 0.227 e. The molecule has 0 saturated carbocycles. The number of anilines is 3. The number of methoxy groups -OCH3 is 1. The molecule has 1 aliphatic rings. The van der Waals surface area contributed by atoms with Gasteiger partial charge < -0.3 is 21.1 Å². The lowest BCUT2D eigenvalue weighted by Crippen LogP contribution is -2.30. The summed E-state index contributed by atoms with van der Waals surface area (Å²) in [6, 6.07) is 12.8. The van der Waals surface area contributed by atoms with Gasteiger partial charge in [-0.3, -0.25) is 9.59 Å². The third-order valence-corrected chi connectivity index (χ3v) is 4.37. The Balaban J connectivity index is 0.00000243. The predicted octanol–water partition coefficient (Wildman–Crippen LogP) is 3.23. The number of carbonyl (C=O) groups excluding carboxylic acids is 2. The van der Waals surface area contributed by atoms with E-state index in [4.69, 9.17) is 10.5 Å². The molecule has 26 heavy (non-hydrogen) atoms. The van der Waals surface area contributed by atoms with Crippen LogP contribution < -0.4 is 21.1 Å². The smallest absolute Gasteiger partial charge is 0.227 e. The molecule has 0 aliphatic carbocycles. The van der Waals surface area contributed by atoms with Crippen molar-refractivity contribution in [3.05, 3.63) is 48.0 Å². The van der Waals surface area contributed by atoms with Gasteiger partial charge in [-0.15, -0.1) is 12.4 Å². The Morgan fingerprint density at radius 2 is 2.08 bits per heavy atom. The van der Waals surface area contributed by atoms with E-state index in [1.54, 1.807) is 25.3 Å². The Labute approximate surface area is 158 Å². The molecule has 4 N–H and O–H groups in total. The fraction of sp³-hybridized carbons (Fsp3) is 0.263. The molecular weight excluding hydrogens is 354 g/mol. The van der Waals surface area contributed by atoms with Gasteiger partial charge >= 0.3 is 0 Å². The standard InChI is InChI=1S/C19H21N3O3.ClH/c1-25-14-7-8-15(20)17(11-14)21-18(23)9-6-13-10-12-4-2-3-5-16(12)22-19(13)24;/h2-5,7-8,11,13H,6,9-10,20H2,1H3,(H,21,23)(H,22,24);1H. The molecule has 0 aromatic heterocycles. The second-order valence-corrected chi connectivity index (χ2v) is 6.09. The van der Waals surface area contributed by atoms with Crippen molar-refractivity contribution in [2.45, 2.75) is 19.3 Å². The minimum atomic E-state index is -0.205. The van der Waals surface area contributed by atoms with Crippen molar-refractivity contribution in [2.75, 3.05) is 23.5 Å². The van der Waals surface area contributed by atoms with Gasteiger partial charge in [0.15, 0.2) is 0 Å². The molecule has 7 heteroatoms. The number of para-hydroxylation sites is 1. The summed E-state index contributed by atoms with van der Waals surface area (Å²) in [5, 5.41) is 5.68. The number of fused-ring (bicyclic) bond motifs is 1. The average Bonchev–Trinajstić information content (AvgIpc) is 2.61. The normalized spacial score (nSPS) is 15.3. The van der Waals surface area contributed by atoms with Crippen LogP contribution in [-0.2, 0) is 16.0 Å². The second-order valence-electron chi connectivity index (χ2n) is 6.09. The topological polar surface area (TPSA) is 93.4 Å². The van der Waals surface area contributed by atoms with Crippen molar-refractivity contribution in [1.29, 1.82) is 0 Å². The van der Waals surface area contributed by atoms with Crippen LogP contribution in [0.4, 0.5) is 17.1 Å². The molecule has 2 aromatic carbocycles. The quantitative estimate of drug-likeness (QED) is 0.699. The van der Waals surface area contributed by atoms with Crippen LogP contribution in [0, 0.1) is 5.92 Å². The van der Waals surface area contributed by atoms with Crippen LogP contribution in [-0.4, -0.2) is 18.9 Å². The number of benzene rings is 2. The van der Waals surface area contributed by atoms with Crippen molar-refractivity contribution in [1.82, 2.24) is 0 Å². The number of amides is 2. The summed E-state index contributed by atoms with van der Waals surface area (Å²) >= 11 is 0. The summed E-state index contributed by atoms with van der Waals surface area (Å²) in [5.74, 6) is 0.204. The first-order chi connectivity index (χ1) is 12.1. The van der Waals surface area contributed by atoms with Crippen LogP contribution >= 0.6 is 12.4 Å². The second kappa shape index (κ2) is 8.58. The zero-order valence-electron chi connectivity index (χ0n) is 14.5. The molecule has 138 valence electrons. The minimum absolute atomic E-state index is 0. The Bertz CT molecular complexity index is 810. The largest absolute Gasteiger partial charge is 0.497 e. The zero-order valence-corrected chi connectivity index (χ0v) is 15.3. The number of rotatable bonds is 5. The van der Waals surface area contributed by atoms with E-state index in [9.17, 15) is 9.59 Å². The molecule has 1 aliphatic heterocycles. The van der Waals surface area contributed by atoms with Crippen molar-refractivity contribution >= 4 is 41.3 Å². The molecule has 0 spiro atoms. The lowest BCUT2D eigenvalue weighted by molar-refractivity contribution is -0.121. The lowest BCUT2D eigenvalue weighted by Gasteiger charge is -2.24.